The minimum absolute atomic E-state index is 0.234. The number of carbonyl (C=O) groups excluding carboxylic acids is 2. The van der Waals surface area contributed by atoms with E-state index in [1.807, 2.05) is 0 Å². The van der Waals surface area contributed by atoms with Gasteiger partial charge in [0.05, 0.1) is 11.6 Å². The smallest absolute Gasteiger partial charge is 0.251 e. The fourth-order valence-corrected chi connectivity index (χ4v) is 3.01. The van der Waals surface area contributed by atoms with Gasteiger partial charge in [0.1, 0.15) is 16.6 Å². The van der Waals surface area contributed by atoms with Gasteiger partial charge in [0.15, 0.2) is 0 Å². The zero-order valence-corrected chi connectivity index (χ0v) is 13.9. The van der Waals surface area contributed by atoms with Gasteiger partial charge in [-0.3, -0.25) is 14.9 Å². The van der Waals surface area contributed by atoms with Crippen LogP contribution in [0.2, 0.25) is 0 Å². The maximum Gasteiger partial charge on any atom is 0.251 e. The molecule has 0 fully saturated rings. The Bertz CT molecular complexity index is 764. The number of hydrogen-bond acceptors (Lipinski definition) is 4. The third kappa shape index (κ3) is 4.15. The lowest BCUT2D eigenvalue weighted by molar-refractivity contribution is -0.117. The number of nitrogens with one attached hydrogen (secondary N) is 2. The number of anilines is 1. The SMILES string of the molecule is C[C@H](N[C@@H](C)c1ccc(F)cc1F)C(=O)Nc1sccc1C(N)=O. The molecule has 24 heavy (non-hydrogen) atoms. The highest BCUT2D eigenvalue weighted by molar-refractivity contribution is 7.14. The van der Waals surface area contributed by atoms with Crippen molar-refractivity contribution in [3.8, 4) is 0 Å². The van der Waals surface area contributed by atoms with Crippen molar-refractivity contribution in [2.75, 3.05) is 5.32 Å². The molecule has 0 unspecified atom stereocenters. The number of halogens is 2. The van der Waals surface area contributed by atoms with Gasteiger partial charge in [0.25, 0.3) is 5.91 Å². The molecule has 2 rings (SSSR count). The maximum absolute atomic E-state index is 13.8. The summed E-state index contributed by atoms with van der Waals surface area (Å²) in [6, 6.07) is 3.63. The van der Waals surface area contributed by atoms with Gasteiger partial charge in [-0.25, -0.2) is 8.78 Å². The quantitative estimate of drug-likeness (QED) is 0.747. The molecule has 0 saturated carbocycles. The van der Waals surface area contributed by atoms with Crippen molar-refractivity contribution in [1.29, 1.82) is 0 Å². The van der Waals surface area contributed by atoms with Crippen molar-refractivity contribution < 1.29 is 18.4 Å². The molecule has 128 valence electrons. The summed E-state index contributed by atoms with van der Waals surface area (Å²) < 4.78 is 26.7. The zero-order valence-electron chi connectivity index (χ0n) is 13.1. The van der Waals surface area contributed by atoms with Gasteiger partial charge in [-0.05, 0) is 31.4 Å². The molecule has 0 radical (unpaired) electrons. The molecule has 0 bridgehead atoms. The lowest BCUT2D eigenvalue weighted by atomic mass is 10.1. The summed E-state index contributed by atoms with van der Waals surface area (Å²) in [5.74, 6) is -2.37. The van der Waals surface area contributed by atoms with Crippen LogP contribution in [0.25, 0.3) is 0 Å². The van der Waals surface area contributed by atoms with Gasteiger partial charge >= 0.3 is 0 Å². The summed E-state index contributed by atoms with van der Waals surface area (Å²) >= 11 is 1.18. The van der Waals surface area contributed by atoms with Gasteiger partial charge in [-0.1, -0.05) is 6.07 Å². The lowest BCUT2D eigenvalue weighted by Crippen LogP contribution is -2.39. The molecule has 0 aliphatic rings. The predicted molar refractivity (Wildman–Crippen MR) is 88.8 cm³/mol. The molecule has 5 nitrogen and oxygen atoms in total. The molecule has 2 aromatic rings. The second-order valence-electron chi connectivity index (χ2n) is 5.29. The molecule has 0 saturated heterocycles. The monoisotopic (exact) mass is 353 g/mol. The molecule has 2 amide bonds. The summed E-state index contributed by atoms with van der Waals surface area (Å²) in [6.45, 7) is 3.27. The third-order valence-electron chi connectivity index (χ3n) is 3.49. The predicted octanol–water partition coefficient (Wildman–Crippen LogP) is 2.80. The molecular weight excluding hydrogens is 336 g/mol. The standard InChI is InChI=1S/C16H17F2N3O2S/c1-8(11-4-3-10(17)7-13(11)18)20-9(2)15(23)21-16-12(14(19)22)5-6-24-16/h3-9,20H,1-2H3,(H2,19,22)(H,21,23)/t8-,9-/m0/s1. The first-order valence-corrected chi connectivity index (χ1v) is 8.06. The number of hydrogen-bond donors (Lipinski definition) is 3. The normalized spacial score (nSPS) is 13.3. The number of carbonyl (C=O) groups is 2. The van der Waals surface area contributed by atoms with Gasteiger partial charge < -0.3 is 11.1 Å². The Hall–Kier alpha value is -2.32. The number of rotatable bonds is 6. The zero-order chi connectivity index (χ0) is 17.9. The first kappa shape index (κ1) is 18.0. The third-order valence-corrected chi connectivity index (χ3v) is 4.32. The van der Waals surface area contributed by atoms with Gasteiger partial charge in [-0.15, -0.1) is 11.3 Å². The number of nitrogens with two attached hydrogens (primary N) is 1. The van der Waals surface area contributed by atoms with E-state index >= 15 is 0 Å². The van der Waals surface area contributed by atoms with E-state index in [1.165, 1.54) is 23.5 Å². The number of benzene rings is 1. The molecule has 1 aromatic heterocycles. The van der Waals surface area contributed by atoms with E-state index in [0.717, 1.165) is 12.1 Å². The van der Waals surface area contributed by atoms with Crippen molar-refractivity contribution in [2.45, 2.75) is 25.9 Å². The average Bonchev–Trinajstić information content (AvgIpc) is 2.95. The molecule has 0 aliphatic heterocycles. The van der Waals surface area contributed by atoms with Crippen LogP contribution in [0.3, 0.4) is 0 Å². The van der Waals surface area contributed by atoms with E-state index in [9.17, 15) is 18.4 Å². The van der Waals surface area contributed by atoms with E-state index in [0.29, 0.717) is 5.00 Å². The average molecular weight is 353 g/mol. The summed E-state index contributed by atoms with van der Waals surface area (Å²) in [6.07, 6.45) is 0. The molecule has 2 atom stereocenters. The van der Waals surface area contributed by atoms with Gasteiger partial charge in [0, 0.05) is 17.7 Å². The maximum atomic E-state index is 13.8. The molecule has 1 aromatic carbocycles. The van der Waals surface area contributed by atoms with Crippen molar-refractivity contribution >= 4 is 28.2 Å². The first-order chi connectivity index (χ1) is 11.3. The molecule has 0 spiro atoms. The topological polar surface area (TPSA) is 84.2 Å². The van der Waals surface area contributed by atoms with Crippen molar-refractivity contribution in [3.05, 3.63) is 52.4 Å². The van der Waals surface area contributed by atoms with Crippen LogP contribution in [-0.4, -0.2) is 17.9 Å². The van der Waals surface area contributed by atoms with Gasteiger partial charge in [0.2, 0.25) is 5.91 Å². The highest BCUT2D eigenvalue weighted by Crippen LogP contribution is 2.23. The second kappa shape index (κ2) is 7.50. The van der Waals surface area contributed by atoms with Crippen molar-refractivity contribution in [3.63, 3.8) is 0 Å². The van der Waals surface area contributed by atoms with Crippen LogP contribution in [-0.2, 0) is 4.79 Å². The van der Waals surface area contributed by atoms with Crippen LogP contribution in [0.15, 0.2) is 29.6 Å². The Balaban J connectivity index is 2.03. The lowest BCUT2D eigenvalue weighted by Gasteiger charge is -2.20. The second-order valence-corrected chi connectivity index (χ2v) is 6.21. The Labute approximate surface area is 141 Å². The molecule has 4 N–H and O–H groups in total. The highest BCUT2D eigenvalue weighted by Gasteiger charge is 2.20. The Morgan fingerprint density at radius 3 is 2.54 bits per heavy atom. The van der Waals surface area contributed by atoms with Crippen LogP contribution in [0.4, 0.5) is 13.8 Å². The van der Waals surface area contributed by atoms with E-state index in [-0.39, 0.29) is 11.1 Å². The Morgan fingerprint density at radius 2 is 1.92 bits per heavy atom. The van der Waals surface area contributed by atoms with Crippen LogP contribution >= 0.6 is 11.3 Å². The van der Waals surface area contributed by atoms with Crippen molar-refractivity contribution in [1.82, 2.24) is 5.32 Å². The Morgan fingerprint density at radius 1 is 1.21 bits per heavy atom. The molecule has 8 heteroatoms. The molecule has 0 aliphatic carbocycles. The van der Waals surface area contributed by atoms with Gasteiger partial charge in [-0.2, -0.15) is 0 Å². The van der Waals surface area contributed by atoms with Crippen LogP contribution < -0.4 is 16.4 Å². The largest absolute Gasteiger partial charge is 0.366 e. The fraction of sp³-hybridized carbons (Fsp3) is 0.250. The van der Waals surface area contributed by atoms with E-state index in [2.05, 4.69) is 10.6 Å². The minimum Gasteiger partial charge on any atom is -0.366 e. The van der Waals surface area contributed by atoms with Crippen LogP contribution in [0.5, 0.6) is 0 Å². The first-order valence-electron chi connectivity index (χ1n) is 7.18. The number of amides is 2. The van der Waals surface area contributed by atoms with Crippen LogP contribution in [0.1, 0.15) is 35.8 Å². The Kier molecular flexibility index (Phi) is 5.63. The van der Waals surface area contributed by atoms with E-state index in [4.69, 9.17) is 5.73 Å². The molecule has 1 heterocycles. The van der Waals surface area contributed by atoms with E-state index < -0.39 is 35.5 Å². The highest BCUT2D eigenvalue weighted by atomic mass is 32.1. The number of primary amides is 1. The fourth-order valence-electron chi connectivity index (χ4n) is 2.21. The molecular formula is C16H17F2N3O2S. The van der Waals surface area contributed by atoms with E-state index in [1.54, 1.807) is 19.2 Å². The number of thiophene rings is 1. The summed E-state index contributed by atoms with van der Waals surface area (Å²) in [4.78, 5) is 23.5. The summed E-state index contributed by atoms with van der Waals surface area (Å²) in [7, 11) is 0. The van der Waals surface area contributed by atoms with Crippen LogP contribution in [0, 0.1) is 11.6 Å². The summed E-state index contributed by atoms with van der Waals surface area (Å²) in [5, 5.41) is 7.55. The minimum atomic E-state index is -0.683. The summed E-state index contributed by atoms with van der Waals surface area (Å²) in [5.41, 5.74) is 5.71. The van der Waals surface area contributed by atoms with Crippen molar-refractivity contribution in [2.24, 2.45) is 5.73 Å².